The van der Waals surface area contributed by atoms with E-state index in [9.17, 15) is 9.59 Å². The van der Waals surface area contributed by atoms with Crippen LogP contribution in [0.3, 0.4) is 0 Å². The first kappa shape index (κ1) is 19.5. The number of thiazole rings is 1. The number of ether oxygens (including phenoxy) is 1. The number of nitrogens with zero attached hydrogens (tertiary/aromatic N) is 2. The minimum atomic E-state index is -0.616. The highest BCUT2D eigenvalue weighted by Crippen LogP contribution is 2.42. The van der Waals surface area contributed by atoms with Gasteiger partial charge in [0.2, 0.25) is 5.76 Å². The molecule has 0 saturated carbocycles. The molecule has 0 aliphatic carbocycles. The standard InChI is InChI=1S/C24H20N2O4S/c1-3-14-5-10-18-17(13-14)21(27)19-20(15-6-8-16(9-7-15)29-4-2)26(23(28)22(19)30-18)24-25-11-12-31-24/h5-13,20H,3-4H2,1-2H3. The van der Waals surface area contributed by atoms with E-state index in [1.54, 1.807) is 22.5 Å². The van der Waals surface area contributed by atoms with E-state index in [1.165, 1.54) is 11.3 Å². The van der Waals surface area contributed by atoms with Crippen LogP contribution >= 0.6 is 11.3 Å². The maximum absolute atomic E-state index is 13.6. The van der Waals surface area contributed by atoms with Crippen molar-refractivity contribution >= 4 is 33.3 Å². The number of hydrogen-bond acceptors (Lipinski definition) is 6. The first-order chi connectivity index (χ1) is 15.1. The molecule has 7 heteroatoms. The Balaban J connectivity index is 1.75. The minimum absolute atomic E-state index is 0.0795. The molecule has 0 spiro atoms. The second-order valence-electron chi connectivity index (χ2n) is 7.25. The molecule has 1 amide bonds. The molecule has 2 aromatic carbocycles. The predicted octanol–water partition coefficient (Wildman–Crippen LogP) is 4.96. The van der Waals surface area contributed by atoms with Crippen molar-refractivity contribution in [3.8, 4) is 5.75 Å². The number of fused-ring (bicyclic) bond motifs is 2. The van der Waals surface area contributed by atoms with E-state index in [4.69, 9.17) is 9.15 Å². The van der Waals surface area contributed by atoms with Crippen LogP contribution in [0, 0.1) is 0 Å². The van der Waals surface area contributed by atoms with E-state index in [1.807, 2.05) is 50.2 Å². The molecule has 4 aromatic rings. The number of benzene rings is 2. The zero-order valence-corrected chi connectivity index (χ0v) is 17.9. The van der Waals surface area contributed by atoms with E-state index in [2.05, 4.69) is 4.98 Å². The molecule has 1 atom stereocenters. The Morgan fingerprint density at radius 1 is 1.13 bits per heavy atom. The molecule has 6 nitrogen and oxygen atoms in total. The molecule has 1 aliphatic heterocycles. The van der Waals surface area contributed by atoms with Crippen molar-refractivity contribution in [2.24, 2.45) is 0 Å². The van der Waals surface area contributed by atoms with Crippen molar-refractivity contribution in [3.05, 3.63) is 86.7 Å². The summed E-state index contributed by atoms with van der Waals surface area (Å²) in [5, 5.41) is 2.82. The number of aryl methyl sites for hydroxylation is 1. The number of anilines is 1. The summed E-state index contributed by atoms with van der Waals surface area (Å²) in [5.41, 5.74) is 2.42. The normalized spacial score (nSPS) is 15.5. The molecule has 0 radical (unpaired) electrons. The summed E-state index contributed by atoms with van der Waals surface area (Å²) < 4.78 is 11.5. The van der Waals surface area contributed by atoms with Gasteiger partial charge in [-0.1, -0.05) is 25.1 Å². The van der Waals surface area contributed by atoms with Gasteiger partial charge in [-0.05, 0) is 48.7 Å². The van der Waals surface area contributed by atoms with Gasteiger partial charge in [0, 0.05) is 11.6 Å². The first-order valence-electron chi connectivity index (χ1n) is 10.2. The van der Waals surface area contributed by atoms with Crippen LogP contribution in [0.2, 0.25) is 0 Å². The molecule has 156 valence electrons. The SMILES string of the molecule is CCOc1ccc(C2c3c(oc4ccc(CC)cc4c3=O)C(=O)N2c2nccs2)cc1. The quantitative estimate of drug-likeness (QED) is 0.446. The molecule has 1 aliphatic rings. The summed E-state index contributed by atoms with van der Waals surface area (Å²) in [6.07, 6.45) is 2.45. The molecule has 3 heterocycles. The van der Waals surface area contributed by atoms with Crippen molar-refractivity contribution in [2.45, 2.75) is 26.3 Å². The fraction of sp³-hybridized carbons (Fsp3) is 0.208. The van der Waals surface area contributed by atoms with Crippen molar-refractivity contribution < 1.29 is 13.9 Å². The minimum Gasteiger partial charge on any atom is -0.494 e. The molecule has 5 rings (SSSR count). The van der Waals surface area contributed by atoms with E-state index in [0.29, 0.717) is 28.3 Å². The Labute approximate surface area is 182 Å². The van der Waals surface area contributed by atoms with Gasteiger partial charge in [0.05, 0.1) is 23.6 Å². The number of rotatable bonds is 5. The number of carbonyl (C=O) groups excluding carboxylic acids is 1. The fourth-order valence-electron chi connectivity index (χ4n) is 4.00. The Bertz CT molecular complexity index is 1330. The van der Waals surface area contributed by atoms with Crippen LogP contribution in [0.4, 0.5) is 5.13 Å². The number of carbonyl (C=O) groups is 1. The number of hydrogen-bond donors (Lipinski definition) is 0. The lowest BCUT2D eigenvalue weighted by Crippen LogP contribution is -2.29. The predicted molar refractivity (Wildman–Crippen MR) is 120 cm³/mol. The molecule has 1 unspecified atom stereocenters. The lowest BCUT2D eigenvalue weighted by molar-refractivity contribution is 0.0971. The van der Waals surface area contributed by atoms with Crippen molar-refractivity contribution in [1.29, 1.82) is 0 Å². The highest BCUT2D eigenvalue weighted by molar-refractivity contribution is 7.13. The zero-order chi connectivity index (χ0) is 21.5. The fourth-order valence-corrected chi connectivity index (χ4v) is 4.67. The Morgan fingerprint density at radius 3 is 2.61 bits per heavy atom. The van der Waals surface area contributed by atoms with Crippen LogP contribution in [0.5, 0.6) is 5.75 Å². The maximum Gasteiger partial charge on any atom is 0.297 e. The van der Waals surface area contributed by atoms with Gasteiger partial charge in [0.25, 0.3) is 5.91 Å². The molecule has 0 bridgehead atoms. The molecule has 2 aromatic heterocycles. The highest BCUT2D eigenvalue weighted by atomic mass is 32.1. The summed E-state index contributed by atoms with van der Waals surface area (Å²) in [7, 11) is 0. The summed E-state index contributed by atoms with van der Waals surface area (Å²) in [4.78, 5) is 32.9. The van der Waals surface area contributed by atoms with Gasteiger partial charge in [-0.2, -0.15) is 0 Å². The van der Waals surface area contributed by atoms with Gasteiger partial charge in [-0.15, -0.1) is 11.3 Å². The summed E-state index contributed by atoms with van der Waals surface area (Å²) in [5.74, 6) is 0.452. The molecular formula is C24H20N2O4S. The summed E-state index contributed by atoms with van der Waals surface area (Å²) in [6.45, 7) is 4.52. The zero-order valence-electron chi connectivity index (χ0n) is 17.1. The monoisotopic (exact) mass is 432 g/mol. The topological polar surface area (TPSA) is 72.6 Å². The molecule has 0 saturated heterocycles. The van der Waals surface area contributed by atoms with Crippen LogP contribution in [0.25, 0.3) is 11.0 Å². The van der Waals surface area contributed by atoms with Gasteiger partial charge in [-0.3, -0.25) is 14.5 Å². The highest BCUT2D eigenvalue weighted by Gasteiger charge is 2.44. The molecular weight excluding hydrogens is 412 g/mol. The lowest BCUT2D eigenvalue weighted by Gasteiger charge is -2.22. The van der Waals surface area contributed by atoms with Gasteiger partial charge >= 0.3 is 0 Å². The van der Waals surface area contributed by atoms with Crippen LogP contribution in [0.1, 0.15) is 47.1 Å². The molecule has 0 fully saturated rings. The molecule has 0 N–H and O–H groups in total. The Hall–Kier alpha value is -3.45. The maximum atomic E-state index is 13.6. The summed E-state index contributed by atoms with van der Waals surface area (Å²) in [6, 6.07) is 12.4. The smallest absolute Gasteiger partial charge is 0.297 e. The third kappa shape index (κ3) is 3.13. The van der Waals surface area contributed by atoms with E-state index in [-0.39, 0.29) is 17.1 Å². The van der Waals surface area contributed by atoms with Crippen molar-refractivity contribution in [2.75, 3.05) is 11.5 Å². The van der Waals surface area contributed by atoms with Crippen LogP contribution in [-0.4, -0.2) is 17.5 Å². The van der Waals surface area contributed by atoms with Crippen molar-refractivity contribution in [3.63, 3.8) is 0 Å². The second-order valence-corrected chi connectivity index (χ2v) is 8.13. The van der Waals surface area contributed by atoms with Gasteiger partial charge < -0.3 is 9.15 Å². The van der Waals surface area contributed by atoms with Gasteiger partial charge in [0.15, 0.2) is 10.6 Å². The van der Waals surface area contributed by atoms with Gasteiger partial charge in [0.1, 0.15) is 11.3 Å². The third-order valence-electron chi connectivity index (χ3n) is 5.48. The number of aromatic nitrogens is 1. The van der Waals surface area contributed by atoms with Crippen LogP contribution < -0.4 is 15.1 Å². The largest absolute Gasteiger partial charge is 0.494 e. The van der Waals surface area contributed by atoms with E-state index >= 15 is 0 Å². The average Bonchev–Trinajstić information content (AvgIpc) is 3.41. The van der Waals surface area contributed by atoms with Gasteiger partial charge in [-0.25, -0.2) is 4.98 Å². The average molecular weight is 433 g/mol. The van der Waals surface area contributed by atoms with Crippen LogP contribution in [0.15, 0.2) is 63.3 Å². The Morgan fingerprint density at radius 2 is 1.94 bits per heavy atom. The molecule has 31 heavy (non-hydrogen) atoms. The lowest BCUT2D eigenvalue weighted by atomic mass is 9.98. The van der Waals surface area contributed by atoms with E-state index < -0.39 is 6.04 Å². The second kappa shape index (κ2) is 7.67. The number of amides is 1. The van der Waals surface area contributed by atoms with Crippen molar-refractivity contribution in [1.82, 2.24) is 4.98 Å². The van der Waals surface area contributed by atoms with Crippen LogP contribution in [-0.2, 0) is 6.42 Å². The first-order valence-corrected chi connectivity index (χ1v) is 11.1. The third-order valence-corrected chi connectivity index (χ3v) is 6.25. The van der Waals surface area contributed by atoms with E-state index in [0.717, 1.165) is 23.3 Å². The Kier molecular flexibility index (Phi) is 4.82. The summed E-state index contributed by atoms with van der Waals surface area (Å²) >= 11 is 1.35.